The molecule has 1 atom stereocenters. The highest BCUT2D eigenvalue weighted by Crippen LogP contribution is 2.36. The highest BCUT2D eigenvalue weighted by atomic mass is 16.5. The SMILES string of the molecule is Cc1cc2c(C(N)=O)c(N)n(-c3c(C)ccc4[nH]ncc34)c2nc1O[C@H]1CCNC1. The highest BCUT2D eigenvalue weighted by molar-refractivity contribution is 6.11. The third-order valence-electron chi connectivity index (χ3n) is 5.69. The minimum absolute atomic E-state index is 0.0593. The van der Waals surface area contributed by atoms with Gasteiger partial charge in [0.15, 0.2) is 5.65 Å². The lowest BCUT2D eigenvalue weighted by molar-refractivity contribution is 0.100. The number of fused-ring (bicyclic) bond motifs is 2. The van der Waals surface area contributed by atoms with Crippen molar-refractivity contribution in [3.05, 3.63) is 41.1 Å². The molecule has 9 nitrogen and oxygen atoms in total. The van der Waals surface area contributed by atoms with E-state index < -0.39 is 5.91 Å². The number of aromatic amines is 1. The van der Waals surface area contributed by atoms with Gasteiger partial charge in [-0.25, -0.2) is 0 Å². The summed E-state index contributed by atoms with van der Waals surface area (Å²) in [6.45, 7) is 5.59. The summed E-state index contributed by atoms with van der Waals surface area (Å²) < 4.78 is 7.93. The lowest BCUT2D eigenvalue weighted by atomic mass is 10.1. The van der Waals surface area contributed by atoms with Crippen LogP contribution in [0, 0.1) is 13.8 Å². The zero-order chi connectivity index (χ0) is 21.0. The Hall–Kier alpha value is -3.59. The Morgan fingerprint density at radius 1 is 1.27 bits per heavy atom. The van der Waals surface area contributed by atoms with Crippen LogP contribution in [0.3, 0.4) is 0 Å². The van der Waals surface area contributed by atoms with Gasteiger partial charge in [0.05, 0.1) is 23.0 Å². The van der Waals surface area contributed by atoms with Crippen molar-refractivity contribution in [1.82, 2.24) is 25.1 Å². The molecular formula is C21H23N7O2. The van der Waals surface area contributed by atoms with Crippen LogP contribution in [0.2, 0.25) is 0 Å². The molecule has 1 saturated heterocycles. The van der Waals surface area contributed by atoms with Gasteiger partial charge in [-0.2, -0.15) is 10.1 Å². The largest absolute Gasteiger partial charge is 0.473 e. The van der Waals surface area contributed by atoms with Crippen molar-refractivity contribution in [1.29, 1.82) is 0 Å². The van der Waals surface area contributed by atoms with Crippen LogP contribution in [0.5, 0.6) is 5.88 Å². The van der Waals surface area contributed by atoms with E-state index in [9.17, 15) is 4.79 Å². The second-order valence-electron chi connectivity index (χ2n) is 7.74. The van der Waals surface area contributed by atoms with Crippen molar-refractivity contribution in [3.63, 3.8) is 0 Å². The van der Waals surface area contributed by atoms with Crippen molar-refractivity contribution >= 4 is 33.7 Å². The number of rotatable bonds is 4. The first-order valence-electron chi connectivity index (χ1n) is 9.87. The van der Waals surface area contributed by atoms with Gasteiger partial charge in [0.2, 0.25) is 5.88 Å². The Labute approximate surface area is 172 Å². The van der Waals surface area contributed by atoms with Crippen LogP contribution in [0.15, 0.2) is 24.4 Å². The molecule has 3 aromatic heterocycles. The summed E-state index contributed by atoms with van der Waals surface area (Å²) in [5.74, 6) is 0.187. The molecule has 1 amide bonds. The molecular weight excluding hydrogens is 382 g/mol. The van der Waals surface area contributed by atoms with Crippen LogP contribution in [-0.2, 0) is 0 Å². The van der Waals surface area contributed by atoms with Gasteiger partial charge in [-0.3, -0.25) is 14.5 Å². The Balaban J connectivity index is 1.82. The minimum atomic E-state index is -0.594. The maximum absolute atomic E-state index is 12.3. The molecule has 30 heavy (non-hydrogen) atoms. The number of carbonyl (C=O) groups excluding carboxylic acids is 1. The van der Waals surface area contributed by atoms with Crippen LogP contribution in [0.1, 0.15) is 27.9 Å². The summed E-state index contributed by atoms with van der Waals surface area (Å²) in [4.78, 5) is 17.1. The predicted molar refractivity (Wildman–Crippen MR) is 115 cm³/mol. The molecule has 0 unspecified atom stereocenters. The molecule has 9 heteroatoms. The molecule has 154 valence electrons. The molecule has 0 radical (unpaired) electrons. The third kappa shape index (κ3) is 2.70. The number of hydrogen-bond acceptors (Lipinski definition) is 6. The lowest BCUT2D eigenvalue weighted by Gasteiger charge is -2.15. The molecule has 1 aliphatic heterocycles. The van der Waals surface area contributed by atoms with Crippen LogP contribution in [-0.4, -0.2) is 44.8 Å². The van der Waals surface area contributed by atoms with E-state index in [0.29, 0.717) is 16.9 Å². The molecule has 4 heterocycles. The highest BCUT2D eigenvalue weighted by Gasteiger charge is 2.26. The molecule has 1 fully saturated rings. The first kappa shape index (κ1) is 18.4. The summed E-state index contributed by atoms with van der Waals surface area (Å²) in [5.41, 5.74) is 16.4. The fourth-order valence-corrected chi connectivity index (χ4v) is 4.21. The zero-order valence-electron chi connectivity index (χ0n) is 16.8. The van der Waals surface area contributed by atoms with E-state index in [1.807, 2.05) is 32.0 Å². The van der Waals surface area contributed by atoms with Gasteiger partial charge in [0.1, 0.15) is 11.9 Å². The number of H-pyrrole nitrogens is 1. The van der Waals surface area contributed by atoms with E-state index in [2.05, 4.69) is 15.5 Å². The van der Waals surface area contributed by atoms with Crippen molar-refractivity contribution < 1.29 is 9.53 Å². The number of primary amides is 1. The summed E-state index contributed by atoms with van der Waals surface area (Å²) in [6, 6.07) is 5.80. The van der Waals surface area contributed by atoms with Crippen molar-refractivity contribution in [2.75, 3.05) is 18.8 Å². The number of amides is 1. The van der Waals surface area contributed by atoms with Gasteiger partial charge in [0, 0.05) is 22.9 Å². The zero-order valence-corrected chi connectivity index (χ0v) is 16.8. The molecule has 5 rings (SSSR count). The Morgan fingerprint density at radius 3 is 2.83 bits per heavy atom. The number of hydrogen-bond donors (Lipinski definition) is 4. The van der Waals surface area contributed by atoms with Gasteiger partial charge in [-0.15, -0.1) is 0 Å². The Kier molecular flexibility index (Phi) is 4.14. The lowest BCUT2D eigenvalue weighted by Crippen LogP contribution is -2.20. The molecule has 0 aliphatic carbocycles. The minimum Gasteiger partial charge on any atom is -0.473 e. The van der Waals surface area contributed by atoms with E-state index in [-0.39, 0.29) is 17.5 Å². The number of aromatic nitrogens is 4. The molecule has 0 spiro atoms. The fourth-order valence-electron chi connectivity index (χ4n) is 4.21. The third-order valence-corrected chi connectivity index (χ3v) is 5.69. The average Bonchev–Trinajstić information content (AvgIpc) is 3.42. The maximum atomic E-state index is 12.3. The fraction of sp³-hybridized carbons (Fsp3) is 0.286. The smallest absolute Gasteiger partial charge is 0.253 e. The van der Waals surface area contributed by atoms with E-state index in [0.717, 1.165) is 47.2 Å². The Bertz CT molecular complexity index is 1300. The van der Waals surface area contributed by atoms with Crippen LogP contribution in [0.25, 0.3) is 27.6 Å². The van der Waals surface area contributed by atoms with E-state index in [1.54, 1.807) is 10.8 Å². The number of nitrogen functional groups attached to an aromatic ring is 1. The normalized spacial score (nSPS) is 16.5. The van der Waals surface area contributed by atoms with E-state index in [4.69, 9.17) is 21.2 Å². The first-order chi connectivity index (χ1) is 14.5. The van der Waals surface area contributed by atoms with Gasteiger partial charge in [0.25, 0.3) is 5.91 Å². The molecule has 4 aromatic rings. The van der Waals surface area contributed by atoms with Gasteiger partial charge in [-0.1, -0.05) is 6.07 Å². The number of ether oxygens (including phenoxy) is 1. The maximum Gasteiger partial charge on any atom is 0.253 e. The van der Waals surface area contributed by atoms with Crippen LogP contribution < -0.4 is 21.5 Å². The number of nitrogens with zero attached hydrogens (tertiary/aromatic N) is 3. The average molecular weight is 405 g/mol. The number of carbonyl (C=O) groups is 1. The molecule has 0 saturated carbocycles. The van der Waals surface area contributed by atoms with Crippen molar-refractivity contribution in [3.8, 4) is 11.6 Å². The van der Waals surface area contributed by atoms with Crippen LogP contribution in [0.4, 0.5) is 5.82 Å². The van der Waals surface area contributed by atoms with Crippen molar-refractivity contribution in [2.45, 2.75) is 26.4 Å². The van der Waals surface area contributed by atoms with Gasteiger partial charge in [-0.05, 0) is 44.5 Å². The second-order valence-corrected chi connectivity index (χ2v) is 7.74. The monoisotopic (exact) mass is 405 g/mol. The topological polar surface area (TPSA) is 137 Å². The standard InChI is InChI=1S/C21H23N7O2/c1-10-3-4-15-14(9-25-27-15)17(10)28-18(22)16(19(23)29)13-7-11(2)21(26-20(13)28)30-12-5-6-24-8-12/h3-4,7,9,12,24H,5-6,8,22H2,1-2H3,(H2,23,29)(H,25,27)/t12-/m0/s1. The summed E-state index contributed by atoms with van der Waals surface area (Å²) in [7, 11) is 0. The molecule has 1 aromatic carbocycles. The number of aryl methyl sites for hydroxylation is 2. The van der Waals surface area contributed by atoms with Gasteiger partial charge >= 0.3 is 0 Å². The number of nitrogens with one attached hydrogen (secondary N) is 2. The summed E-state index contributed by atoms with van der Waals surface area (Å²) in [6.07, 6.45) is 2.72. The summed E-state index contributed by atoms with van der Waals surface area (Å²) >= 11 is 0. The number of benzene rings is 1. The predicted octanol–water partition coefficient (Wildman–Crippen LogP) is 1.94. The van der Waals surface area contributed by atoms with E-state index >= 15 is 0 Å². The number of anilines is 1. The number of pyridine rings is 1. The second kappa shape index (κ2) is 6.74. The summed E-state index contributed by atoms with van der Waals surface area (Å²) in [5, 5.41) is 11.9. The number of nitrogens with two attached hydrogens (primary N) is 2. The first-order valence-corrected chi connectivity index (χ1v) is 9.87. The van der Waals surface area contributed by atoms with E-state index in [1.165, 1.54) is 0 Å². The molecule has 1 aliphatic rings. The molecule has 6 N–H and O–H groups in total. The van der Waals surface area contributed by atoms with Crippen LogP contribution >= 0.6 is 0 Å². The van der Waals surface area contributed by atoms with Crippen molar-refractivity contribution in [2.24, 2.45) is 5.73 Å². The molecule has 0 bridgehead atoms. The van der Waals surface area contributed by atoms with Gasteiger partial charge < -0.3 is 21.5 Å². The quantitative estimate of drug-likeness (QED) is 0.409. The Morgan fingerprint density at radius 2 is 2.10 bits per heavy atom.